The Morgan fingerprint density at radius 3 is 0.944 bits per heavy atom. The molecule has 0 spiro atoms. The zero-order valence-corrected chi connectivity index (χ0v) is 80.8. The number of fused-ring (bicyclic) bond motifs is 6. The number of hydrogen-bond acceptors (Lipinski definition) is 27. The average molecular weight is 1990 g/mol. The first-order valence-corrected chi connectivity index (χ1v) is 48.7. The number of carboxylic acids is 2. The quantitative estimate of drug-likeness (QED) is 0.00577. The molecule has 12 rings (SSSR count). The minimum Gasteiger partial charge on any atom is -0.599 e. The number of amides is 4. The lowest BCUT2D eigenvalue weighted by Gasteiger charge is -2.35. The number of nitrogens with zero attached hydrogens (tertiary/aromatic N) is 2. The van der Waals surface area contributed by atoms with Crippen LogP contribution in [0.2, 0.25) is 0 Å². The first-order chi connectivity index (χ1) is 69.0. The summed E-state index contributed by atoms with van der Waals surface area (Å²) in [5.74, 6) is -0.171. The Hall–Kier alpha value is -12.6. The standard InChI is InChI=1S/C54H63N3O12S.C31H43N3O9S.C23H22O4.CH4/c58-50(55-25-29-63-31-32-64-30-26-57-53(62)69-38-49-47-18-9-7-16-45(47)46-17-8-10-19-48(46)49)39-66-35-33-65-34-36-67-40-51(59)56-27-37-70-54(41-12-3-1-4-13-41,42-14-5-2-6-15-42)43-21-23-44(24-22-43)68-28-11-20-52(60)61;35-29(22-41-18-16-40-17-19-42-23-30(36)33-11-20-44)32-9-12-38-14-15-39-13-10-34-31(37)43-21-28-26-7-3-1-5-24(26)25-6-2-4-8-27(25)28;24-22(25)12-7-17-27-21-15-13-20(14-16-21)23(26,18-8-3-1-4-9-18)19-10-5-2-6-11-19;/h1-10,12-19,21-24,49H,11,20,25-40H2,(H,55,58)(H,56,59)(H,57,62)(H,60,61);1-8,28,44H,9-23H2,(H,32,35)(H,33,36)(H,34,37);1-6,8-11,13-16,26H,7,12,17H2,(H,24,25);1H4/p-2. The van der Waals surface area contributed by atoms with E-state index in [0.717, 1.165) is 55.6 Å². The number of rotatable bonds is 64. The highest BCUT2D eigenvalue weighted by Gasteiger charge is 2.38. The summed E-state index contributed by atoms with van der Waals surface area (Å²) in [6, 6.07) is 87.4. The summed E-state index contributed by atoms with van der Waals surface area (Å²) >= 11 is 5.72. The first kappa shape index (κ1) is 113. The second-order valence-corrected chi connectivity index (χ2v) is 33.6. The maximum atomic E-state index is 12.7. The van der Waals surface area contributed by atoms with Crippen molar-refractivity contribution in [2.24, 2.45) is 9.98 Å². The van der Waals surface area contributed by atoms with E-state index in [1.807, 2.05) is 182 Å². The molecule has 0 saturated carbocycles. The zero-order valence-electron chi connectivity index (χ0n) is 79.1. The molecule has 4 amide bonds. The van der Waals surface area contributed by atoms with Crippen LogP contribution in [0.15, 0.2) is 277 Å². The largest absolute Gasteiger partial charge is 0.599 e. The molecule has 0 unspecified atom stereocenters. The van der Waals surface area contributed by atoms with Gasteiger partial charge in [0.25, 0.3) is 0 Å². The Balaban J connectivity index is 0.000000264. The molecule has 0 aliphatic heterocycles. The molecule has 0 bridgehead atoms. The van der Waals surface area contributed by atoms with Crippen LogP contribution in [0, 0.1) is 0 Å². The van der Waals surface area contributed by atoms with E-state index in [2.05, 4.69) is 117 Å². The smallest absolute Gasteiger partial charge is 0.303 e. The maximum absolute atomic E-state index is 12.7. The van der Waals surface area contributed by atoms with E-state index in [1.165, 1.54) is 22.3 Å². The third-order valence-electron chi connectivity index (χ3n) is 22.0. The van der Waals surface area contributed by atoms with Crippen molar-refractivity contribution in [2.45, 2.75) is 55.3 Å². The summed E-state index contributed by atoms with van der Waals surface area (Å²) in [5.41, 5.74) is 13.5. The lowest BCUT2D eigenvalue weighted by molar-refractivity contribution is -0.252. The van der Waals surface area contributed by atoms with E-state index in [-0.39, 0.29) is 161 Å². The minimum atomic E-state index is -1.27. The van der Waals surface area contributed by atoms with Gasteiger partial charge in [0.1, 0.15) is 55.7 Å². The summed E-state index contributed by atoms with van der Waals surface area (Å²) in [7, 11) is 0. The van der Waals surface area contributed by atoms with Gasteiger partial charge in [-0.05, 0) is 115 Å². The topological polar surface area (TPSA) is 411 Å². The van der Waals surface area contributed by atoms with Crippen molar-refractivity contribution in [3.05, 3.63) is 323 Å². The summed E-state index contributed by atoms with van der Waals surface area (Å²) in [5, 5.41) is 64.7. The molecule has 10 aromatic rings. The van der Waals surface area contributed by atoms with Crippen LogP contribution in [0.1, 0.15) is 101 Å². The summed E-state index contributed by atoms with van der Waals surface area (Å²) in [6.07, 6.45) is -0.211. The van der Waals surface area contributed by atoms with Crippen molar-refractivity contribution in [3.63, 3.8) is 0 Å². The predicted molar refractivity (Wildman–Crippen MR) is 543 cm³/mol. The Kier molecular flexibility index (Phi) is 52.1. The van der Waals surface area contributed by atoms with Crippen molar-refractivity contribution < 1.29 is 121 Å². The SMILES string of the molecule is C.O=C(COCCOCCOCC(=O)NCCOCCOCCN=C([O-])OCC1c2ccccc2-c2ccccc21)NCCS.O=C(O)CCCOc1ccc(C(O)(c2ccccc2)c2ccccc2)cc1.O=C(O)CCCOc1ccc(C(SCCNC(=O)COCCOCCOCC(=O)NCCOCCOCCN=C([O-])OCC2c3ccccc3-c3ccccc32)(c2ccccc2)c2ccccc2)cc1. The van der Waals surface area contributed by atoms with Crippen LogP contribution in [0.3, 0.4) is 0 Å². The molecule has 0 fully saturated rings. The van der Waals surface area contributed by atoms with Gasteiger partial charge in [0.2, 0.25) is 23.6 Å². The normalized spacial score (nSPS) is 12.0. The fraction of sp³-hybridized carbons (Fsp3) is 0.376. The van der Waals surface area contributed by atoms with Crippen LogP contribution >= 0.6 is 24.4 Å². The Morgan fingerprint density at radius 2 is 0.606 bits per heavy atom. The van der Waals surface area contributed by atoms with Gasteiger partial charge in [-0.25, -0.2) is 0 Å². The monoisotopic (exact) mass is 1990 g/mol. The number of nitrogens with one attached hydrogen (secondary N) is 4. The van der Waals surface area contributed by atoms with Crippen molar-refractivity contribution >= 4 is 72.1 Å². The molecule has 2 aliphatic carbocycles. The fourth-order valence-electron chi connectivity index (χ4n) is 15.3. The Bertz CT molecular complexity index is 5220. The van der Waals surface area contributed by atoms with Gasteiger partial charge in [-0.3, -0.25) is 38.8 Å². The molecule has 0 aromatic heterocycles. The van der Waals surface area contributed by atoms with Crippen LogP contribution < -0.4 is 41.0 Å². The third-order valence-corrected chi connectivity index (χ3v) is 23.8. The van der Waals surface area contributed by atoms with E-state index in [9.17, 15) is 44.1 Å². The number of ether oxygens (including phenoxy) is 14. The number of aliphatic hydroxyl groups is 1. The molecule has 0 saturated heterocycles. The second-order valence-electron chi connectivity index (χ2n) is 31.8. The molecule has 0 heterocycles. The molecule has 7 N–H and O–H groups in total. The van der Waals surface area contributed by atoms with E-state index in [4.69, 9.17) is 76.5 Å². The summed E-state index contributed by atoms with van der Waals surface area (Å²) < 4.78 is 75.8. The summed E-state index contributed by atoms with van der Waals surface area (Å²) in [6.45, 7) is 7.33. The second kappa shape index (κ2) is 65.5. The molecular formula is C109H130N6O25S2-2. The van der Waals surface area contributed by atoms with Gasteiger partial charge in [0.05, 0.1) is 137 Å². The highest BCUT2D eigenvalue weighted by atomic mass is 32.2. The van der Waals surface area contributed by atoms with Crippen LogP contribution in [-0.2, 0) is 96.0 Å². The van der Waals surface area contributed by atoms with E-state index >= 15 is 0 Å². The third kappa shape index (κ3) is 38.7. The van der Waals surface area contributed by atoms with E-state index < -0.39 is 34.5 Å². The highest BCUT2D eigenvalue weighted by Crippen LogP contribution is 2.50. The number of aliphatic imine (C=N–C) groups is 2. The molecule has 142 heavy (non-hydrogen) atoms. The van der Waals surface area contributed by atoms with Crippen LogP contribution in [0.25, 0.3) is 22.3 Å². The molecule has 33 heteroatoms. The summed E-state index contributed by atoms with van der Waals surface area (Å²) in [4.78, 5) is 77.2. The number of aliphatic carboxylic acids is 2. The number of carbonyl (C=O) groups excluding carboxylic acids is 4. The van der Waals surface area contributed by atoms with E-state index in [0.29, 0.717) is 128 Å². The molecule has 760 valence electrons. The Labute approximate surface area is 840 Å². The number of hydrogen-bond donors (Lipinski definition) is 8. The Morgan fingerprint density at radius 1 is 0.331 bits per heavy atom. The average Bonchev–Trinajstić information content (AvgIpc) is 1.72. The van der Waals surface area contributed by atoms with Gasteiger partial charge < -0.3 is 113 Å². The van der Waals surface area contributed by atoms with Crippen LogP contribution in [0.5, 0.6) is 11.5 Å². The minimum absolute atomic E-state index is 0. The molecule has 0 radical (unpaired) electrons. The zero-order chi connectivity index (χ0) is 99.4. The van der Waals surface area contributed by atoms with E-state index in [1.54, 1.807) is 23.9 Å². The van der Waals surface area contributed by atoms with Crippen molar-refractivity contribution in [3.8, 4) is 33.8 Å². The number of thioether (sulfide) groups is 1. The molecule has 10 aromatic carbocycles. The van der Waals surface area contributed by atoms with Gasteiger partial charge in [-0.1, -0.05) is 250 Å². The van der Waals surface area contributed by atoms with Gasteiger partial charge >= 0.3 is 11.9 Å². The van der Waals surface area contributed by atoms with Gasteiger partial charge in [0.15, 0.2) is 0 Å². The van der Waals surface area contributed by atoms with Gasteiger partial charge in [-0.15, -0.1) is 11.8 Å². The fourth-order valence-corrected chi connectivity index (χ4v) is 16.9. The number of thiol groups is 1. The maximum Gasteiger partial charge on any atom is 0.303 e. The highest BCUT2D eigenvalue weighted by molar-refractivity contribution is 8.00. The van der Waals surface area contributed by atoms with Crippen LogP contribution in [0.4, 0.5) is 0 Å². The molecule has 31 nitrogen and oxygen atoms in total. The van der Waals surface area contributed by atoms with Crippen molar-refractivity contribution in [1.29, 1.82) is 0 Å². The first-order valence-electron chi connectivity index (χ1n) is 47.0. The molecular weight excluding hydrogens is 1860 g/mol. The lowest BCUT2D eigenvalue weighted by atomic mass is 9.80. The number of carboxylic acid groups (broad SMARTS) is 2. The van der Waals surface area contributed by atoms with Crippen molar-refractivity contribution in [2.75, 3.05) is 209 Å². The number of benzene rings is 10. The van der Waals surface area contributed by atoms with Gasteiger partial charge in [-0.2, -0.15) is 12.6 Å². The lowest BCUT2D eigenvalue weighted by Crippen LogP contribution is -2.32. The predicted octanol–water partition coefficient (Wildman–Crippen LogP) is 11.4. The van der Waals surface area contributed by atoms with Gasteiger partial charge in [0, 0.05) is 75.6 Å². The van der Waals surface area contributed by atoms with Crippen LogP contribution in [-0.4, -0.2) is 272 Å². The van der Waals surface area contributed by atoms with Crippen molar-refractivity contribution in [1.82, 2.24) is 21.3 Å². The molecule has 2 aliphatic rings. The number of carbonyl (C=O) groups is 6. The molecule has 0 atom stereocenters.